The Balaban J connectivity index is 0.962. The van der Waals surface area contributed by atoms with Gasteiger partial charge >= 0.3 is 0 Å². The van der Waals surface area contributed by atoms with Crippen molar-refractivity contribution < 1.29 is 0 Å². The van der Waals surface area contributed by atoms with Crippen LogP contribution in [-0.2, 0) is 0 Å². The lowest BCUT2D eigenvalue weighted by Crippen LogP contribution is -2.00. The van der Waals surface area contributed by atoms with Crippen molar-refractivity contribution in [1.82, 2.24) is 15.0 Å². The summed E-state index contributed by atoms with van der Waals surface area (Å²) in [6.07, 6.45) is 0. The van der Waals surface area contributed by atoms with E-state index in [2.05, 4.69) is 182 Å². The van der Waals surface area contributed by atoms with Crippen molar-refractivity contribution >= 4 is 74.6 Å². The zero-order chi connectivity index (χ0) is 38.9. The second-order valence-electron chi connectivity index (χ2n) is 15.1. The molecule has 2 heterocycles. The van der Waals surface area contributed by atoms with Crippen LogP contribution in [0.3, 0.4) is 0 Å². The second-order valence-corrected chi connectivity index (χ2v) is 16.2. The predicted octanol–water partition coefficient (Wildman–Crippen LogP) is 15.2. The maximum absolute atomic E-state index is 5.13. The summed E-state index contributed by atoms with van der Waals surface area (Å²) in [5.41, 5.74) is 7.51. The first-order valence-corrected chi connectivity index (χ1v) is 20.7. The van der Waals surface area contributed by atoms with Crippen LogP contribution in [0.4, 0.5) is 0 Å². The van der Waals surface area contributed by atoms with Crippen LogP contribution in [0.25, 0.3) is 120 Å². The van der Waals surface area contributed by atoms with Crippen molar-refractivity contribution in [2.24, 2.45) is 0 Å². The highest BCUT2D eigenvalue weighted by Gasteiger charge is 2.17. The maximum atomic E-state index is 5.13. The number of thiophene rings is 1. The van der Waals surface area contributed by atoms with Gasteiger partial charge in [-0.3, -0.25) is 0 Å². The molecule has 0 bridgehead atoms. The normalized spacial score (nSPS) is 11.7. The van der Waals surface area contributed by atoms with E-state index in [0.717, 1.165) is 27.8 Å². The number of fused-ring (bicyclic) bond motifs is 11. The van der Waals surface area contributed by atoms with Crippen LogP contribution in [0.2, 0.25) is 0 Å². The SMILES string of the molecule is c1ccc(-c2nc(-c3cccc(-c4ccc(-c5cc6c7ccccc7c7ccccc7c6c6ccccc56)cc4)c3)nc(-c3ccc4sc5ccccc5c4c3)n2)cc1. The molecule has 0 aliphatic heterocycles. The summed E-state index contributed by atoms with van der Waals surface area (Å²) in [4.78, 5) is 15.2. The molecule has 0 N–H and O–H groups in total. The number of hydrogen-bond donors (Lipinski definition) is 0. The average molecular weight is 768 g/mol. The number of nitrogens with zero attached hydrogens (tertiary/aromatic N) is 3. The minimum absolute atomic E-state index is 0.644. The molecular formula is C55H33N3S. The molecule has 0 amide bonds. The molecule has 0 saturated carbocycles. The van der Waals surface area contributed by atoms with Crippen molar-refractivity contribution in [2.75, 3.05) is 0 Å². The molecule has 2 aromatic heterocycles. The predicted molar refractivity (Wildman–Crippen MR) is 250 cm³/mol. The highest BCUT2D eigenvalue weighted by atomic mass is 32.1. The molecule has 0 unspecified atom stereocenters. The summed E-state index contributed by atoms with van der Waals surface area (Å²) in [5, 5.41) is 12.7. The van der Waals surface area contributed by atoms with E-state index < -0.39 is 0 Å². The number of hydrogen-bond acceptors (Lipinski definition) is 4. The molecule has 0 aliphatic carbocycles. The van der Waals surface area contributed by atoms with Crippen molar-refractivity contribution in [1.29, 1.82) is 0 Å². The van der Waals surface area contributed by atoms with Crippen molar-refractivity contribution in [3.8, 4) is 56.4 Å². The highest BCUT2D eigenvalue weighted by Crippen LogP contribution is 2.43. The molecule has 12 rings (SSSR count). The van der Waals surface area contributed by atoms with Gasteiger partial charge in [-0.05, 0) is 102 Å². The number of benzene rings is 10. The summed E-state index contributed by atoms with van der Waals surface area (Å²) in [5.74, 6) is 1.95. The minimum Gasteiger partial charge on any atom is -0.208 e. The fraction of sp³-hybridized carbons (Fsp3) is 0. The first kappa shape index (κ1) is 33.6. The third kappa shape index (κ3) is 5.60. The smallest absolute Gasteiger partial charge is 0.164 e. The van der Waals surface area contributed by atoms with Gasteiger partial charge in [0.15, 0.2) is 17.5 Å². The van der Waals surface area contributed by atoms with Gasteiger partial charge in [-0.25, -0.2) is 15.0 Å². The molecule has 274 valence electrons. The number of aromatic nitrogens is 3. The molecule has 0 atom stereocenters. The monoisotopic (exact) mass is 767 g/mol. The van der Waals surface area contributed by atoms with Gasteiger partial charge in [-0.1, -0.05) is 164 Å². The van der Waals surface area contributed by atoms with Gasteiger partial charge in [0, 0.05) is 36.9 Å². The summed E-state index contributed by atoms with van der Waals surface area (Å²) in [7, 11) is 0. The highest BCUT2D eigenvalue weighted by molar-refractivity contribution is 7.25. The lowest BCUT2D eigenvalue weighted by molar-refractivity contribution is 1.07. The Morgan fingerprint density at radius 2 is 0.729 bits per heavy atom. The summed E-state index contributed by atoms with van der Waals surface area (Å²) < 4.78 is 2.53. The molecule has 12 aromatic rings. The summed E-state index contributed by atoms with van der Waals surface area (Å²) in [6.45, 7) is 0. The Bertz CT molecular complexity index is 3610. The van der Waals surface area contributed by atoms with Crippen LogP contribution >= 0.6 is 11.3 Å². The Labute approximate surface area is 344 Å². The minimum atomic E-state index is 0.644. The van der Waals surface area contributed by atoms with E-state index >= 15 is 0 Å². The third-order valence-corrected chi connectivity index (χ3v) is 12.9. The number of rotatable bonds is 5. The zero-order valence-electron chi connectivity index (χ0n) is 31.8. The molecule has 0 aliphatic rings. The molecule has 0 radical (unpaired) electrons. The molecule has 0 spiro atoms. The Morgan fingerprint density at radius 3 is 1.46 bits per heavy atom. The van der Waals surface area contributed by atoms with E-state index in [1.165, 1.54) is 74.4 Å². The van der Waals surface area contributed by atoms with Crippen LogP contribution in [-0.4, -0.2) is 15.0 Å². The van der Waals surface area contributed by atoms with Gasteiger partial charge in [-0.2, -0.15) is 0 Å². The van der Waals surface area contributed by atoms with E-state index in [1.54, 1.807) is 0 Å². The molecule has 10 aromatic carbocycles. The summed E-state index contributed by atoms with van der Waals surface area (Å²) in [6, 6.07) is 71.7. The molecule has 4 heteroatoms. The van der Waals surface area contributed by atoms with E-state index in [1.807, 2.05) is 29.5 Å². The van der Waals surface area contributed by atoms with E-state index in [0.29, 0.717) is 17.5 Å². The van der Waals surface area contributed by atoms with Crippen molar-refractivity contribution in [2.45, 2.75) is 0 Å². The third-order valence-electron chi connectivity index (χ3n) is 11.7. The molecule has 0 saturated heterocycles. The first-order chi connectivity index (χ1) is 29.2. The zero-order valence-corrected chi connectivity index (χ0v) is 32.6. The fourth-order valence-electron chi connectivity index (χ4n) is 8.90. The van der Waals surface area contributed by atoms with Crippen LogP contribution in [0, 0.1) is 0 Å². The summed E-state index contributed by atoms with van der Waals surface area (Å²) >= 11 is 1.81. The van der Waals surface area contributed by atoms with E-state index in [4.69, 9.17) is 15.0 Å². The van der Waals surface area contributed by atoms with Gasteiger partial charge in [0.1, 0.15) is 0 Å². The second kappa shape index (κ2) is 13.6. The van der Waals surface area contributed by atoms with E-state index in [-0.39, 0.29) is 0 Å². The van der Waals surface area contributed by atoms with Crippen LogP contribution in [0.15, 0.2) is 200 Å². The van der Waals surface area contributed by atoms with Crippen LogP contribution < -0.4 is 0 Å². The Kier molecular flexibility index (Phi) is 7.72. The Hall–Kier alpha value is -7.53. The lowest BCUT2D eigenvalue weighted by Gasteiger charge is -2.16. The molecule has 0 fully saturated rings. The van der Waals surface area contributed by atoms with Crippen LogP contribution in [0.5, 0.6) is 0 Å². The topological polar surface area (TPSA) is 38.7 Å². The maximum Gasteiger partial charge on any atom is 0.164 e. The molecule has 3 nitrogen and oxygen atoms in total. The lowest BCUT2D eigenvalue weighted by atomic mass is 9.87. The largest absolute Gasteiger partial charge is 0.208 e. The van der Waals surface area contributed by atoms with Crippen molar-refractivity contribution in [3.05, 3.63) is 200 Å². The Morgan fingerprint density at radius 1 is 0.254 bits per heavy atom. The van der Waals surface area contributed by atoms with E-state index in [9.17, 15) is 0 Å². The molecule has 59 heavy (non-hydrogen) atoms. The fourth-order valence-corrected chi connectivity index (χ4v) is 9.99. The van der Waals surface area contributed by atoms with Gasteiger partial charge < -0.3 is 0 Å². The van der Waals surface area contributed by atoms with Crippen molar-refractivity contribution in [3.63, 3.8) is 0 Å². The standard InChI is InChI=1S/C55H33N3S/c1-2-13-36(14-3-1)53-56-54(58-55(57-53)39-29-30-51-48(32-39)44-21-10-11-24-50(44)59-51)38-16-12-15-37(31-38)34-25-27-35(28-26-34)47-33-49-42-19-5-4-17-40(42)41-18-6-8-22-45(41)52(49)46-23-9-7-20-43(46)47/h1-33H. The van der Waals surface area contributed by atoms with Crippen LogP contribution in [0.1, 0.15) is 0 Å². The first-order valence-electron chi connectivity index (χ1n) is 19.9. The molecular weight excluding hydrogens is 735 g/mol. The van der Waals surface area contributed by atoms with Gasteiger partial charge in [0.25, 0.3) is 0 Å². The quantitative estimate of drug-likeness (QED) is 0.164. The van der Waals surface area contributed by atoms with Gasteiger partial charge in [0.2, 0.25) is 0 Å². The van der Waals surface area contributed by atoms with Gasteiger partial charge in [-0.15, -0.1) is 11.3 Å². The van der Waals surface area contributed by atoms with Gasteiger partial charge in [0.05, 0.1) is 0 Å². The average Bonchev–Trinajstić information content (AvgIpc) is 3.69.